The van der Waals surface area contributed by atoms with Crippen molar-refractivity contribution in [3.63, 3.8) is 0 Å². The number of hydrogen-bond donors (Lipinski definition) is 1. The molecule has 40 heavy (non-hydrogen) atoms. The molecule has 1 unspecified atom stereocenters. The third-order valence-electron chi connectivity index (χ3n) is 7.12. The number of benzene rings is 3. The number of Topliss-reactive ketones (excluding diaryl/α,β-unsaturated/α-hetero) is 1. The number of carboxylic acid groups (broad SMARTS) is 1. The highest BCUT2D eigenvalue weighted by Gasteiger charge is 2.31. The van der Waals surface area contributed by atoms with E-state index in [4.69, 9.17) is 4.74 Å². The predicted molar refractivity (Wildman–Crippen MR) is 161 cm³/mol. The van der Waals surface area contributed by atoms with Gasteiger partial charge in [0.05, 0.1) is 18.3 Å². The minimum Gasteiger partial charge on any atom is -0.489 e. The number of hydrogen-bond acceptors (Lipinski definition) is 6. The van der Waals surface area contributed by atoms with E-state index in [1.807, 2.05) is 30.3 Å². The molecule has 2 heterocycles. The largest absolute Gasteiger partial charge is 0.489 e. The van der Waals surface area contributed by atoms with E-state index in [0.29, 0.717) is 24.5 Å². The molecule has 0 radical (unpaired) electrons. The van der Waals surface area contributed by atoms with Crippen LogP contribution in [0.15, 0.2) is 66.0 Å². The Balaban J connectivity index is 1.33. The molecule has 7 heteroatoms. The van der Waals surface area contributed by atoms with Crippen molar-refractivity contribution in [2.24, 2.45) is 0 Å². The van der Waals surface area contributed by atoms with Gasteiger partial charge in [-0.25, -0.2) is 0 Å². The molecule has 0 aliphatic carbocycles. The maximum atomic E-state index is 12.4. The Morgan fingerprint density at radius 2 is 1.88 bits per heavy atom. The maximum absolute atomic E-state index is 12.4. The zero-order valence-corrected chi connectivity index (χ0v) is 23.9. The first-order valence-corrected chi connectivity index (χ1v) is 14.9. The van der Waals surface area contributed by atoms with Crippen LogP contribution in [0.5, 0.6) is 5.75 Å². The van der Waals surface area contributed by atoms with E-state index >= 15 is 0 Å². The summed E-state index contributed by atoms with van der Waals surface area (Å²) in [4.78, 5) is 35.5. The molecule has 1 aromatic heterocycles. The summed E-state index contributed by atoms with van der Waals surface area (Å²) in [5, 5.41) is 12.1. The predicted octanol–water partition coefficient (Wildman–Crippen LogP) is 7.35. The number of thiophene rings is 1. The van der Waals surface area contributed by atoms with Crippen molar-refractivity contribution in [1.82, 2.24) is 0 Å². The third kappa shape index (κ3) is 5.99. The molecular weight excluding hydrogens is 540 g/mol. The van der Waals surface area contributed by atoms with Gasteiger partial charge < -0.3 is 9.84 Å². The van der Waals surface area contributed by atoms with Crippen LogP contribution >= 0.6 is 23.1 Å². The van der Waals surface area contributed by atoms with E-state index in [9.17, 15) is 19.5 Å². The molecule has 2 atom stereocenters. The smallest absolute Gasteiger partial charge is 0.304 e. The van der Waals surface area contributed by atoms with Crippen LogP contribution in [-0.4, -0.2) is 27.7 Å². The Bertz CT molecular complexity index is 1660. The summed E-state index contributed by atoms with van der Waals surface area (Å²) in [6.07, 6.45) is 0.654. The number of ether oxygens (including phenoxy) is 1. The van der Waals surface area contributed by atoms with E-state index in [2.05, 4.69) is 54.5 Å². The number of thioether (sulfide) groups is 1. The minimum atomic E-state index is -0.877. The number of fused-ring (bicyclic) bond motifs is 1. The number of ketones is 1. The van der Waals surface area contributed by atoms with Crippen molar-refractivity contribution in [3.8, 4) is 28.7 Å². The molecule has 0 amide bonds. The Morgan fingerprint density at radius 3 is 2.60 bits per heavy atom. The Morgan fingerprint density at radius 1 is 1.07 bits per heavy atom. The highest BCUT2D eigenvalue weighted by Crippen LogP contribution is 2.38. The summed E-state index contributed by atoms with van der Waals surface area (Å²) in [6.45, 7) is 4.15. The molecule has 1 saturated heterocycles. The van der Waals surface area contributed by atoms with Crippen molar-refractivity contribution >= 4 is 50.1 Å². The fourth-order valence-electron chi connectivity index (χ4n) is 5.08. The number of aliphatic carboxylic acids is 1. The van der Waals surface area contributed by atoms with Crippen LogP contribution in [0.1, 0.15) is 53.9 Å². The minimum absolute atomic E-state index is 0.0379. The number of rotatable bonds is 8. The summed E-state index contributed by atoms with van der Waals surface area (Å²) in [7, 11) is 0. The van der Waals surface area contributed by atoms with Crippen LogP contribution in [0, 0.1) is 18.8 Å². The summed E-state index contributed by atoms with van der Waals surface area (Å²) in [5.74, 6) is 5.30. The zero-order chi connectivity index (χ0) is 28.2. The number of aryl methyl sites for hydroxylation is 1. The maximum Gasteiger partial charge on any atom is 0.304 e. The normalized spacial score (nSPS) is 15.9. The summed E-state index contributed by atoms with van der Waals surface area (Å²) in [6, 6.07) is 19.9. The van der Waals surface area contributed by atoms with Gasteiger partial charge in [-0.2, -0.15) is 0 Å². The summed E-state index contributed by atoms with van der Waals surface area (Å²) in [5.41, 5.74) is 6.13. The van der Waals surface area contributed by atoms with Gasteiger partial charge >= 0.3 is 5.97 Å². The second-order valence-electron chi connectivity index (χ2n) is 9.80. The first-order chi connectivity index (χ1) is 19.3. The summed E-state index contributed by atoms with van der Waals surface area (Å²) < 4.78 is 7.23. The molecule has 5 nitrogen and oxygen atoms in total. The lowest BCUT2D eigenvalue weighted by Crippen LogP contribution is -2.25. The molecule has 1 N–H and O–H groups in total. The highest BCUT2D eigenvalue weighted by molar-refractivity contribution is 8.15. The van der Waals surface area contributed by atoms with E-state index in [0.717, 1.165) is 50.5 Å². The molecule has 4 aromatic rings. The monoisotopic (exact) mass is 568 g/mol. The number of carbonyl (C=O) groups excluding carboxylic acids is 2. The topological polar surface area (TPSA) is 80.7 Å². The van der Waals surface area contributed by atoms with Crippen molar-refractivity contribution < 1.29 is 24.2 Å². The molecule has 0 saturated carbocycles. The van der Waals surface area contributed by atoms with Gasteiger partial charge in [-0.15, -0.1) is 17.3 Å². The van der Waals surface area contributed by atoms with Crippen molar-refractivity contribution in [2.45, 2.75) is 45.1 Å². The standard InChI is InChI=1S/C33H28O5S2/c1-3-4-23(17-31(34)35)22-6-9-25(10-7-22)38-18-21-5-12-30-28(16-21)29(19-40-30)26-11-8-24(15-20(26)2)27-13-14-39-33(37)32(27)36/h5-12,15-16,19,23,27H,13-14,17-18H2,1-2H3,(H,34,35)/t23-,27?/m0/s1. The Hall–Kier alpha value is -3.86. The van der Waals surface area contributed by atoms with Crippen LogP contribution < -0.4 is 4.74 Å². The van der Waals surface area contributed by atoms with Gasteiger partial charge in [0, 0.05) is 21.4 Å². The fourth-order valence-corrected chi connectivity index (χ4v) is 6.84. The van der Waals surface area contributed by atoms with Crippen LogP contribution in [0.4, 0.5) is 0 Å². The SMILES string of the molecule is CC#C[C@@H](CC(=O)O)c1ccc(OCc2ccc3scc(-c4ccc(C5CCSC(=O)C5=O)cc4C)c3c2)cc1. The lowest BCUT2D eigenvalue weighted by atomic mass is 9.88. The van der Waals surface area contributed by atoms with E-state index in [-0.39, 0.29) is 29.2 Å². The summed E-state index contributed by atoms with van der Waals surface area (Å²) >= 11 is 2.81. The third-order valence-corrected chi connectivity index (χ3v) is 8.99. The molecule has 5 rings (SSSR count). The highest BCUT2D eigenvalue weighted by atomic mass is 32.2. The van der Waals surface area contributed by atoms with Crippen molar-refractivity contribution in [3.05, 3.63) is 88.3 Å². The second-order valence-corrected chi connectivity index (χ2v) is 11.8. The average Bonchev–Trinajstić information content (AvgIpc) is 3.36. The lowest BCUT2D eigenvalue weighted by molar-refractivity contribution is -0.137. The van der Waals surface area contributed by atoms with Gasteiger partial charge in [0.2, 0.25) is 5.78 Å². The van der Waals surface area contributed by atoms with Gasteiger partial charge in [0.1, 0.15) is 12.4 Å². The van der Waals surface area contributed by atoms with Gasteiger partial charge in [-0.05, 0) is 77.7 Å². The van der Waals surface area contributed by atoms with Gasteiger partial charge in [-0.1, -0.05) is 54.1 Å². The molecule has 1 aliphatic rings. The number of carbonyl (C=O) groups is 3. The van der Waals surface area contributed by atoms with Crippen LogP contribution in [0.2, 0.25) is 0 Å². The lowest BCUT2D eigenvalue weighted by Gasteiger charge is -2.20. The van der Waals surface area contributed by atoms with Gasteiger partial charge in [-0.3, -0.25) is 14.4 Å². The second kappa shape index (κ2) is 12.1. The van der Waals surface area contributed by atoms with Gasteiger partial charge in [0.25, 0.3) is 5.12 Å². The molecule has 0 bridgehead atoms. The molecular formula is C33H28O5S2. The van der Waals surface area contributed by atoms with Crippen molar-refractivity contribution in [2.75, 3.05) is 5.75 Å². The van der Waals surface area contributed by atoms with Crippen LogP contribution in [-0.2, 0) is 21.0 Å². The van der Waals surface area contributed by atoms with E-state index in [1.165, 1.54) is 4.70 Å². The van der Waals surface area contributed by atoms with Crippen LogP contribution in [0.25, 0.3) is 21.2 Å². The quantitative estimate of drug-likeness (QED) is 0.177. The zero-order valence-electron chi connectivity index (χ0n) is 22.2. The molecule has 0 spiro atoms. The Kier molecular flexibility index (Phi) is 8.39. The molecule has 1 aliphatic heterocycles. The van der Waals surface area contributed by atoms with Gasteiger partial charge in [0.15, 0.2) is 0 Å². The molecule has 3 aromatic carbocycles. The van der Waals surface area contributed by atoms with Crippen LogP contribution in [0.3, 0.4) is 0 Å². The van der Waals surface area contributed by atoms with Crippen molar-refractivity contribution in [1.29, 1.82) is 0 Å². The molecule has 1 fully saturated rings. The number of carboxylic acids is 1. The first-order valence-electron chi connectivity index (χ1n) is 13.0. The fraction of sp³-hybridized carbons (Fsp3) is 0.242. The Labute approximate surface area is 241 Å². The van der Waals surface area contributed by atoms with E-state index < -0.39 is 5.97 Å². The van der Waals surface area contributed by atoms with E-state index in [1.54, 1.807) is 18.3 Å². The average molecular weight is 569 g/mol. The molecule has 202 valence electrons. The first kappa shape index (κ1) is 27.7.